The maximum absolute atomic E-state index is 12.2. The summed E-state index contributed by atoms with van der Waals surface area (Å²) in [6, 6.07) is 1.31. The average Bonchev–Trinajstić information content (AvgIpc) is 2.66. The third-order valence-electron chi connectivity index (χ3n) is 2.01. The Bertz CT molecular complexity index is 287. The summed E-state index contributed by atoms with van der Waals surface area (Å²) < 4.78 is 36.1. The van der Waals surface area contributed by atoms with Gasteiger partial charge in [0.2, 0.25) is 0 Å². The molecule has 2 rings (SSSR count). The number of halogens is 3. The van der Waals surface area contributed by atoms with Crippen molar-refractivity contribution in [1.82, 2.24) is 0 Å². The second-order valence-corrected chi connectivity index (χ2v) is 4.07. The molecule has 12 heavy (non-hydrogen) atoms. The highest BCUT2D eigenvalue weighted by molar-refractivity contribution is 7.22. The highest BCUT2D eigenvalue weighted by Crippen LogP contribution is 2.40. The van der Waals surface area contributed by atoms with Crippen molar-refractivity contribution in [3.8, 4) is 0 Å². The second-order valence-electron chi connectivity index (χ2n) is 3.13. The van der Waals surface area contributed by atoms with Crippen molar-refractivity contribution in [2.75, 3.05) is 0 Å². The van der Waals surface area contributed by atoms with Crippen molar-refractivity contribution in [1.29, 1.82) is 0 Å². The minimum Gasteiger partial charge on any atom is -0.444 e. The van der Waals surface area contributed by atoms with Gasteiger partial charge in [-0.1, -0.05) is 10.8 Å². The summed E-state index contributed by atoms with van der Waals surface area (Å²) in [4.78, 5) is 0. The molecule has 5 heteroatoms. The topological polar surface area (TPSA) is 0 Å². The lowest BCUT2D eigenvalue weighted by Gasteiger charge is -2.09. The first-order valence-electron chi connectivity index (χ1n) is 3.85. The van der Waals surface area contributed by atoms with Gasteiger partial charge in [0.25, 0.3) is 0 Å². The monoisotopic (exact) mass is 191 g/mol. The maximum Gasteiger partial charge on any atom is 0.519 e. The fourth-order valence-electron chi connectivity index (χ4n) is 1.17. The molecule has 1 saturated carbocycles. The molecule has 0 aliphatic heterocycles. The Morgan fingerprint density at radius 3 is 2.42 bits per heavy atom. The highest BCUT2D eigenvalue weighted by atomic mass is 32.1. The zero-order valence-electron chi connectivity index (χ0n) is 6.27. The average molecular weight is 191 g/mol. The van der Waals surface area contributed by atoms with Gasteiger partial charge in [-0.25, -0.2) is 0 Å². The Morgan fingerprint density at radius 2 is 2.00 bits per heavy atom. The molecule has 0 unspecified atom stereocenters. The van der Waals surface area contributed by atoms with Crippen molar-refractivity contribution in [2.45, 2.75) is 18.8 Å². The van der Waals surface area contributed by atoms with Gasteiger partial charge in [-0.05, 0) is 29.7 Å². The van der Waals surface area contributed by atoms with Crippen LogP contribution < -0.4 is 4.78 Å². The molecule has 0 bridgehead atoms. The zero-order valence-corrected chi connectivity index (χ0v) is 7.08. The van der Waals surface area contributed by atoms with Gasteiger partial charge in [0, 0.05) is 0 Å². The van der Waals surface area contributed by atoms with Crippen LogP contribution in [0.4, 0.5) is 12.9 Å². The van der Waals surface area contributed by atoms with Gasteiger partial charge in [-0.15, -0.1) is 0 Å². The number of rotatable bonds is 2. The summed E-state index contributed by atoms with van der Waals surface area (Å²) in [6.45, 7) is -4.77. The van der Waals surface area contributed by atoms with E-state index in [0.717, 1.165) is 29.7 Å². The van der Waals surface area contributed by atoms with Gasteiger partial charge in [-0.3, -0.25) is 0 Å². The van der Waals surface area contributed by atoms with E-state index in [1.165, 1.54) is 6.07 Å². The molecule has 0 saturated heterocycles. The smallest absolute Gasteiger partial charge is 0.444 e. The second kappa shape index (κ2) is 2.52. The van der Waals surface area contributed by atoms with Crippen LogP contribution in [-0.4, -0.2) is 6.98 Å². The van der Waals surface area contributed by atoms with Crippen LogP contribution in [-0.2, 0) is 0 Å². The Kier molecular flexibility index (Phi) is 1.72. The Morgan fingerprint density at radius 1 is 1.33 bits per heavy atom. The molecular formula is C7H7BF3S-. The van der Waals surface area contributed by atoms with Gasteiger partial charge in [0.1, 0.15) is 0 Å². The van der Waals surface area contributed by atoms with Gasteiger partial charge in [0.05, 0.1) is 0 Å². The minimum atomic E-state index is -4.77. The fourth-order valence-corrected chi connectivity index (χ4v) is 2.06. The molecule has 0 radical (unpaired) electrons. The predicted molar refractivity (Wildman–Crippen MR) is 45.0 cm³/mol. The van der Waals surface area contributed by atoms with Crippen LogP contribution in [0.3, 0.4) is 0 Å². The van der Waals surface area contributed by atoms with E-state index in [1.54, 1.807) is 5.38 Å². The molecule has 1 aromatic heterocycles. The lowest BCUT2D eigenvalue weighted by atomic mass is 9.89. The quantitative estimate of drug-likeness (QED) is 0.630. The molecule has 1 fully saturated rings. The number of hydrogen-bond donors (Lipinski definition) is 0. The van der Waals surface area contributed by atoms with E-state index in [-0.39, 0.29) is 0 Å². The number of hydrogen-bond acceptors (Lipinski definition) is 1. The van der Waals surface area contributed by atoms with Crippen molar-refractivity contribution in [3.05, 3.63) is 17.0 Å². The maximum atomic E-state index is 12.2. The van der Waals surface area contributed by atoms with Crippen molar-refractivity contribution < 1.29 is 12.9 Å². The van der Waals surface area contributed by atoms with E-state index in [1.807, 2.05) is 0 Å². The van der Waals surface area contributed by atoms with Crippen LogP contribution in [0.2, 0.25) is 0 Å². The third kappa shape index (κ3) is 1.51. The highest BCUT2D eigenvalue weighted by Gasteiger charge is 2.30. The van der Waals surface area contributed by atoms with Crippen LogP contribution in [0, 0.1) is 0 Å². The first-order chi connectivity index (χ1) is 5.57. The van der Waals surface area contributed by atoms with Gasteiger partial charge in [-0.2, -0.15) is 11.3 Å². The van der Waals surface area contributed by atoms with Crippen LogP contribution in [0.15, 0.2) is 11.4 Å². The molecule has 1 aliphatic rings. The summed E-state index contributed by atoms with van der Waals surface area (Å²) in [5, 5.41) is 1.64. The van der Waals surface area contributed by atoms with Gasteiger partial charge >= 0.3 is 6.98 Å². The predicted octanol–water partition coefficient (Wildman–Crippen LogP) is 2.68. The van der Waals surface area contributed by atoms with E-state index in [9.17, 15) is 12.9 Å². The van der Waals surface area contributed by atoms with Crippen LogP contribution in [0.5, 0.6) is 0 Å². The summed E-state index contributed by atoms with van der Waals surface area (Å²) in [5.41, 5.74) is 0.884. The van der Waals surface area contributed by atoms with Crippen molar-refractivity contribution >= 4 is 23.1 Å². The lowest BCUT2D eigenvalue weighted by molar-refractivity contribution is 0.502. The molecule has 1 heterocycles. The lowest BCUT2D eigenvalue weighted by Crippen LogP contribution is -2.30. The molecule has 1 aromatic rings. The fraction of sp³-hybridized carbons (Fsp3) is 0.429. The first kappa shape index (κ1) is 8.17. The first-order valence-corrected chi connectivity index (χ1v) is 4.73. The van der Waals surface area contributed by atoms with Gasteiger partial charge in [0.15, 0.2) is 0 Å². The standard InChI is InChI=1S/C7H7BF3S/c9-8(10,11)7-3-6(4-12-7)5-1-2-5/h3-5H,1-2H2/q-1. The molecule has 0 nitrogen and oxygen atoms in total. The van der Waals surface area contributed by atoms with Crippen LogP contribution in [0.25, 0.3) is 0 Å². The van der Waals surface area contributed by atoms with Crippen molar-refractivity contribution in [3.63, 3.8) is 0 Å². The van der Waals surface area contributed by atoms with E-state index >= 15 is 0 Å². The van der Waals surface area contributed by atoms with E-state index in [0.29, 0.717) is 5.92 Å². The zero-order chi connectivity index (χ0) is 8.77. The summed E-state index contributed by atoms with van der Waals surface area (Å²) in [6.07, 6.45) is 2.11. The van der Waals surface area contributed by atoms with E-state index in [4.69, 9.17) is 0 Å². The Labute approximate surface area is 72.5 Å². The largest absolute Gasteiger partial charge is 0.519 e. The molecule has 0 atom stereocenters. The SMILES string of the molecule is F[B-](F)(F)c1cc(C2CC2)cs1. The molecule has 66 valence electrons. The summed E-state index contributed by atoms with van der Waals surface area (Å²) in [7, 11) is 0. The van der Waals surface area contributed by atoms with E-state index < -0.39 is 11.8 Å². The van der Waals surface area contributed by atoms with Gasteiger partial charge < -0.3 is 12.9 Å². The van der Waals surface area contributed by atoms with Crippen molar-refractivity contribution in [2.24, 2.45) is 0 Å². The number of thiophene rings is 1. The molecule has 0 spiro atoms. The van der Waals surface area contributed by atoms with Crippen LogP contribution >= 0.6 is 11.3 Å². The molecule has 0 N–H and O–H groups in total. The summed E-state index contributed by atoms with van der Waals surface area (Å²) in [5.74, 6) is 0.424. The Hall–Kier alpha value is -0.445. The van der Waals surface area contributed by atoms with E-state index in [2.05, 4.69) is 0 Å². The summed E-state index contributed by atoms with van der Waals surface area (Å²) >= 11 is 0.828. The van der Waals surface area contributed by atoms with Crippen LogP contribution in [0.1, 0.15) is 24.3 Å². The molecule has 0 aromatic carbocycles. The molecular weight excluding hydrogens is 184 g/mol. The molecule has 0 amide bonds. The Balaban J connectivity index is 2.23. The normalized spacial score (nSPS) is 18.2. The molecule has 1 aliphatic carbocycles. The third-order valence-corrected chi connectivity index (χ3v) is 3.06. The minimum absolute atomic E-state index is 0.406.